The van der Waals surface area contributed by atoms with Crippen LogP contribution in [0.15, 0.2) is 30.3 Å². The number of rotatable bonds is 8. The fourth-order valence-corrected chi connectivity index (χ4v) is 2.23. The van der Waals surface area contributed by atoms with Crippen LogP contribution in [-0.2, 0) is 0 Å². The second-order valence-corrected chi connectivity index (χ2v) is 5.88. The Morgan fingerprint density at radius 1 is 1.29 bits per heavy atom. The first-order valence-corrected chi connectivity index (χ1v) is 7.54. The average Bonchev–Trinajstić information content (AvgIpc) is 3.31. The summed E-state index contributed by atoms with van der Waals surface area (Å²) in [4.78, 5) is 13.8. The van der Waals surface area contributed by atoms with Crippen molar-refractivity contribution >= 4 is 11.7 Å². The number of nitrogens with zero attached hydrogens (tertiary/aromatic N) is 1. The molecule has 0 atom stereocenters. The number of carbonyl (C=O) groups excluding carboxylic acids is 1. The summed E-state index contributed by atoms with van der Waals surface area (Å²) < 4.78 is 0. The van der Waals surface area contributed by atoms with Crippen molar-refractivity contribution in [2.75, 3.05) is 38.2 Å². The van der Waals surface area contributed by atoms with E-state index in [1.807, 2.05) is 25.2 Å². The van der Waals surface area contributed by atoms with Crippen LogP contribution >= 0.6 is 0 Å². The van der Waals surface area contributed by atoms with Gasteiger partial charge in [-0.15, -0.1) is 0 Å². The van der Waals surface area contributed by atoms with Crippen molar-refractivity contribution in [3.8, 4) is 0 Å². The molecule has 0 unspecified atom stereocenters. The van der Waals surface area contributed by atoms with Crippen LogP contribution < -0.4 is 15.5 Å². The normalized spacial score (nSPS) is 15.3. The fourth-order valence-electron chi connectivity index (χ4n) is 2.23. The summed E-state index contributed by atoms with van der Waals surface area (Å²) in [6, 6.07) is 10.0. The highest BCUT2D eigenvalue weighted by Crippen LogP contribution is 2.44. The van der Waals surface area contributed by atoms with E-state index < -0.39 is 0 Å². The monoisotopic (exact) mass is 291 g/mol. The maximum Gasteiger partial charge on any atom is 0.314 e. The number of urea groups is 1. The molecule has 1 aromatic carbocycles. The predicted molar refractivity (Wildman–Crippen MR) is 84.5 cm³/mol. The SMILES string of the molecule is CN(CCCNC(=O)NCC1(CO)CC1)c1ccccc1. The highest BCUT2D eigenvalue weighted by molar-refractivity contribution is 5.73. The molecular formula is C16H25N3O2. The van der Waals surface area contributed by atoms with Gasteiger partial charge in [-0.3, -0.25) is 0 Å². The Morgan fingerprint density at radius 2 is 2.00 bits per heavy atom. The lowest BCUT2D eigenvalue weighted by atomic mass is 10.1. The Balaban J connectivity index is 1.56. The third kappa shape index (κ3) is 4.93. The maximum atomic E-state index is 11.6. The van der Waals surface area contributed by atoms with Gasteiger partial charge in [-0.2, -0.15) is 0 Å². The van der Waals surface area contributed by atoms with Crippen molar-refractivity contribution in [1.29, 1.82) is 0 Å². The van der Waals surface area contributed by atoms with Crippen molar-refractivity contribution in [3.05, 3.63) is 30.3 Å². The summed E-state index contributed by atoms with van der Waals surface area (Å²) in [6.45, 7) is 2.27. The number of benzene rings is 1. The first-order chi connectivity index (χ1) is 10.2. The first-order valence-electron chi connectivity index (χ1n) is 7.54. The minimum atomic E-state index is -0.142. The first kappa shape index (κ1) is 15.6. The molecule has 0 aliphatic heterocycles. The molecule has 2 rings (SSSR count). The van der Waals surface area contributed by atoms with Crippen molar-refractivity contribution in [2.45, 2.75) is 19.3 Å². The zero-order valence-electron chi connectivity index (χ0n) is 12.6. The molecule has 1 aromatic rings. The van der Waals surface area contributed by atoms with Gasteiger partial charge < -0.3 is 20.6 Å². The van der Waals surface area contributed by atoms with Gasteiger partial charge in [0.05, 0.1) is 6.61 Å². The van der Waals surface area contributed by atoms with Gasteiger partial charge in [-0.05, 0) is 31.4 Å². The molecule has 0 aromatic heterocycles. The smallest absolute Gasteiger partial charge is 0.314 e. The van der Waals surface area contributed by atoms with Crippen LogP contribution in [0.4, 0.5) is 10.5 Å². The summed E-state index contributed by atoms with van der Waals surface area (Å²) in [5, 5.41) is 14.9. The van der Waals surface area contributed by atoms with Crippen LogP contribution in [0.2, 0.25) is 0 Å². The molecule has 3 N–H and O–H groups in total. The number of aliphatic hydroxyl groups is 1. The number of amides is 2. The van der Waals surface area contributed by atoms with E-state index in [1.165, 1.54) is 5.69 Å². The number of para-hydroxylation sites is 1. The number of hydrogen-bond acceptors (Lipinski definition) is 3. The molecule has 1 saturated carbocycles. The van der Waals surface area contributed by atoms with Gasteiger partial charge in [0.2, 0.25) is 0 Å². The summed E-state index contributed by atoms with van der Waals surface area (Å²) in [5.41, 5.74) is 1.14. The number of anilines is 1. The highest BCUT2D eigenvalue weighted by Gasteiger charge is 2.41. The van der Waals surface area contributed by atoms with Crippen molar-refractivity contribution < 1.29 is 9.90 Å². The van der Waals surface area contributed by atoms with Gasteiger partial charge in [-0.25, -0.2) is 4.79 Å². The number of aliphatic hydroxyl groups excluding tert-OH is 1. The van der Waals surface area contributed by atoms with Crippen LogP contribution in [0, 0.1) is 5.41 Å². The topological polar surface area (TPSA) is 64.6 Å². The van der Waals surface area contributed by atoms with Crippen LogP contribution in [0.5, 0.6) is 0 Å². The molecule has 0 radical (unpaired) electrons. The van der Waals surface area contributed by atoms with Gasteiger partial charge in [0.25, 0.3) is 0 Å². The molecule has 0 saturated heterocycles. The molecule has 1 fully saturated rings. The average molecular weight is 291 g/mol. The van der Waals surface area contributed by atoms with E-state index in [0.717, 1.165) is 25.8 Å². The Hall–Kier alpha value is -1.75. The van der Waals surface area contributed by atoms with Crippen LogP contribution in [0.25, 0.3) is 0 Å². The molecule has 5 nitrogen and oxygen atoms in total. The largest absolute Gasteiger partial charge is 0.396 e. The second kappa shape index (κ2) is 7.31. The molecule has 5 heteroatoms. The Bertz CT molecular complexity index is 446. The van der Waals surface area contributed by atoms with E-state index in [9.17, 15) is 9.90 Å². The van der Waals surface area contributed by atoms with E-state index in [-0.39, 0.29) is 18.1 Å². The molecule has 2 amide bonds. The van der Waals surface area contributed by atoms with Gasteiger partial charge in [0, 0.05) is 37.8 Å². The summed E-state index contributed by atoms with van der Waals surface area (Å²) >= 11 is 0. The number of carbonyl (C=O) groups is 1. The molecule has 21 heavy (non-hydrogen) atoms. The van der Waals surface area contributed by atoms with E-state index in [2.05, 4.69) is 27.7 Å². The standard InChI is InChI=1S/C16H25N3O2/c1-19(14-6-3-2-4-7-14)11-5-10-17-15(21)18-12-16(13-20)8-9-16/h2-4,6-7,20H,5,8-13H2,1H3,(H2,17,18,21). The van der Waals surface area contributed by atoms with Gasteiger partial charge in [-0.1, -0.05) is 18.2 Å². The van der Waals surface area contributed by atoms with E-state index in [1.54, 1.807) is 0 Å². The fraction of sp³-hybridized carbons (Fsp3) is 0.562. The zero-order chi connectivity index (χ0) is 15.1. The van der Waals surface area contributed by atoms with E-state index in [0.29, 0.717) is 13.1 Å². The van der Waals surface area contributed by atoms with Gasteiger partial charge in [0.1, 0.15) is 0 Å². The molecular weight excluding hydrogens is 266 g/mol. The number of hydrogen-bond donors (Lipinski definition) is 3. The summed E-state index contributed by atoms with van der Waals surface area (Å²) in [7, 11) is 2.05. The van der Waals surface area contributed by atoms with E-state index in [4.69, 9.17) is 0 Å². The molecule has 0 bridgehead atoms. The Kier molecular flexibility index (Phi) is 5.44. The van der Waals surface area contributed by atoms with Crippen LogP contribution in [-0.4, -0.2) is 44.4 Å². The van der Waals surface area contributed by atoms with Crippen molar-refractivity contribution in [1.82, 2.24) is 10.6 Å². The van der Waals surface area contributed by atoms with Crippen molar-refractivity contribution in [3.63, 3.8) is 0 Å². The minimum absolute atomic E-state index is 0.0368. The Morgan fingerprint density at radius 3 is 2.62 bits per heavy atom. The lowest BCUT2D eigenvalue weighted by Gasteiger charge is -2.19. The quantitative estimate of drug-likeness (QED) is 0.637. The lowest BCUT2D eigenvalue weighted by molar-refractivity contribution is 0.203. The third-order valence-electron chi connectivity index (χ3n) is 4.07. The molecule has 1 aliphatic rings. The molecule has 0 spiro atoms. The highest BCUT2D eigenvalue weighted by atomic mass is 16.3. The van der Waals surface area contributed by atoms with Gasteiger partial charge in [0.15, 0.2) is 0 Å². The maximum absolute atomic E-state index is 11.6. The second-order valence-electron chi connectivity index (χ2n) is 5.88. The number of nitrogens with one attached hydrogen (secondary N) is 2. The molecule has 0 heterocycles. The minimum Gasteiger partial charge on any atom is -0.396 e. The zero-order valence-corrected chi connectivity index (χ0v) is 12.6. The molecule has 1 aliphatic carbocycles. The van der Waals surface area contributed by atoms with Crippen LogP contribution in [0.3, 0.4) is 0 Å². The third-order valence-corrected chi connectivity index (χ3v) is 4.07. The van der Waals surface area contributed by atoms with Crippen LogP contribution in [0.1, 0.15) is 19.3 Å². The summed E-state index contributed by atoms with van der Waals surface area (Å²) in [6.07, 6.45) is 2.90. The lowest BCUT2D eigenvalue weighted by Crippen LogP contribution is -2.40. The summed E-state index contributed by atoms with van der Waals surface area (Å²) in [5.74, 6) is 0. The Labute approximate surface area is 126 Å². The molecule has 116 valence electrons. The predicted octanol–water partition coefficient (Wildman–Crippen LogP) is 1.58. The van der Waals surface area contributed by atoms with E-state index >= 15 is 0 Å². The van der Waals surface area contributed by atoms with Crippen molar-refractivity contribution in [2.24, 2.45) is 5.41 Å². The van der Waals surface area contributed by atoms with Gasteiger partial charge >= 0.3 is 6.03 Å².